The van der Waals surface area contributed by atoms with Crippen LogP contribution in [0.5, 0.6) is 0 Å². The van der Waals surface area contributed by atoms with Crippen molar-refractivity contribution in [2.24, 2.45) is 0 Å². The lowest BCUT2D eigenvalue weighted by Crippen LogP contribution is -2.35. The Morgan fingerprint density at radius 2 is 1.78 bits per heavy atom. The molecule has 3 aromatic carbocycles. The minimum absolute atomic E-state index is 0.0515. The molecule has 0 unspecified atom stereocenters. The van der Waals surface area contributed by atoms with E-state index in [1.165, 1.54) is 6.92 Å². The maximum atomic E-state index is 13.1. The van der Waals surface area contributed by atoms with Gasteiger partial charge in [-0.2, -0.15) is 5.26 Å². The van der Waals surface area contributed by atoms with Crippen LogP contribution in [0, 0.1) is 11.3 Å². The first-order valence-electron chi connectivity index (χ1n) is 12.5. The number of nitriles is 1. The lowest BCUT2D eigenvalue weighted by atomic mass is 9.98. The van der Waals surface area contributed by atoms with Crippen molar-refractivity contribution < 1.29 is 14.4 Å². The summed E-state index contributed by atoms with van der Waals surface area (Å²) >= 11 is 0. The zero-order chi connectivity index (χ0) is 26.2. The normalized spacial score (nSPS) is 12.3. The summed E-state index contributed by atoms with van der Waals surface area (Å²) in [4.78, 5) is 39.1. The van der Waals surface area contributed by atoms with Crippen LogP contribution in [0.15, 0.2) is 66.7 Å². The van der Waals surface area contributed by atoms with Crippen LogP contribution in [-0.2, 0) is 28.9 Å². The monoisotopic (exact) mass is 494 g/mol. The molecule has 2 N–H and O–H groups in total. The Bertz CT molecular complexity index is 1340. The van der Waals surface area contributed by atoms with Gasteiger partial charge in [0.05, 0.1) is 11.6 Å². The molecule has 0 saturated carbocycles. The summed E-state index contributed by atoms with van der Waals surface area (Å²) in [5.74, 6) is -0.244. The van der Waals surface area contributed by atoms with Crippen molar-refractivity contribution in [2.45, 2.75) is 39.0 Å². The fourth-order valence-corrected chi connectivity index (χ4v) is 4.56. The number of rotatable bonds is 8. The Hall–Kier alpha value is -4.44. The molecule has 0 atom stereocenters. The topological polar surface area (TPSA) is 102 Å². The number of nitrogens with zero attached hydrogens (tertiary/aromatic N) is 2. The summed E-state index contributed by atoms with van der Waals surface area (Å²) in [7, 11) is 0. The lowest BCUT2D eigenvalue weighted by Gasteiger charge is -2.30. The van der Waals surface area contributed by atoms with E-state index in [-0.39, 0.29) is 17.7 Å². The van der Waals surface area contributed by atoms with Crippen LogP contribution in [0.3, 0.4) is 0 Å². The Kier molecular flexibility index (Phi) is 8.32. The molecule has 1 aliphatic heterocycles. The minimum Gasteiger partial charge on any atom is -0.356 e. The molecule has 4 rings (SSSR count). The Morgan fingerprint density at radius 1 is 1.00 bits per heavy atom. The van der Waals surface area contributed by atoms with Crippen LogP contribution < -0.4 is 15.5 Å². The van der Waals surface area contributed by atoms with E-state index < -0.39 is 0 Å². The number of aryl methyl sites for hydroxylation is 2. The highest BCUT2D eigenvalue weighted by molar-refractivity contribution is 6.05. The Balaban J connectivity index is 1.42. The summed E-state index contributed by atoms with van der Waals surface area (Å²) in [6.07, 6.45) is 3.25. The number of para-hydroxylation sites is 1. The van der Waals surface area contributed by atoms with Gasteiger partial charge in [-0.15, -0.1) is 0 Å². The van der Waals surface area contributed by atoms with Crippen LogP contribution in [0.4, 0.5) is 11.4 Å². The molecule has 7 heteroatoms. The average Bonchev–Trinajstić information content (AvgIpc) is 2.92. The third kappa shape index (κ3) is 6.62. The summed E-state index contributed by atoms with van der Waals surface area (Å²) in [5, 5.41) is 14.7. The summed E-state index contributed by atoms with van der Waals surface area (Å²) in [5.41, 5.74) is 5.69. The van der Waals surface area contributed by atoms with Crippen LogP contribution in [0.1, 0.15) is 52.4 Å². The van der Waals surface area contributed by atoms with Crippen molar-refractivity contribution in [2.75, 3.05) is 23.3 Å². The van der Waals surface area contributed by atoms with Gasteiger partial charge in [-0.1, -0.05) is 30.3 Å². The zero-order valence-corrected chi connectivity index (χ0v) is 20.9. The molecule has 1 heterocycles. The maximum absolute atomic E-state index is 13.1. The summed E-state index contributed by atoms with van der Waals surface area (Å²) in [6.45, 7) is 2.64. The SMILES string of the molecule is CC(=O)NCCc1ccccc1NC(=O)c1ccc2c(c1)CCCN2C(=O)CCc1ccc(C#N)cc1. The van der Waals surface area contributed by atoms with E-state index >= 15 is 0 Å². The van der Waals surface area contributed by atoms with E-state index in [2.05, 4.69) is 16.7 Å². The molecular formula is C30H30N4O3. The molecule has 0 spiro atoms. The van der Waals surface area contributed by atoms with Crippen LogP contribution in [0.2, 0.25) is 0 Å². The highest BCUT2D eigenvalue weighted by atomic mass is 16.2. The number of amides is 3. The smallest absolute Gasteiger partial charge is 0.255 e. The van der Waals surface area contributed by atoms with E-state index in [1.54, 1.807) is 18.2 Å². The van der Waals surface area contributed by atoms with Crippen molar-refractivity contribution >= 4 is 29.1 Å². The third-order valence-electron chi connectivity index (χ3n) is 6.51. The maximum Gasteiger partial charge on any atom is 0.255 e. The fraction of sp³-hybridized carbons (Fsp3) is 0.267. The van der Waals surface area contributed by atoms with Gasteiger partial charge in [0.2, 0.25) is 11.8 Å². The van der Waals surface area contributed by atoms with Crippen LogP contribution >= 0.6 is 0 Å². The van der Waals surface area contributed by atoms with E-state index in [0.717, 1.165) is 40.9 Å². The Morgan fingerprint density at radius 3 is 2.54 bits per heavy atom. The number of carbonyl (C=O) groups is 3. The molecule has 0 saturated heterocycles. The number of fused-ring (bicyclic) bond motifs is 1. The van der Waals surface area contributed by atoms with Gasteiger partial charge in [-0.05, 0) is 78.8 Å². The molecule has 3 aromatic rings. The highest BCUT2D eigenvalue weighted by Crippen LogP contribution is 2.29. The van der Waals surface area contributed by atoms with Gasteiger partial charge in [0.1, 0.15) is 0 Å². The van der Waals surface area contributed by atoms with Gasteiger partial charge in [0.25, 0.3) is 5.91 Å². The molecule has 0 aliphatic carbocycles. The molecule has 37 heavy (non-hydrogen) atoms. The highest BCUT2D eigenvalue weighted by Gasteiger charge is 2.23. The van der Waals surface area contributed by atoms with E-state index in [1.807, 2.05) is 53.4 Å². The number of carbonyl (C=O) groups excluding carboxylic acids is 3. The van der Waals surface area contributed by atoms with Crippen molar-refractivity contribution in [1.29, 1.82) is 5.26 Å². The zero-order valence-electron chi connectivity index (χ0n) is 20.9. The van der Waals surface area contributed by atoms with E-state index in [0.29, 0.717) is 43.5 Å². The number of hydrogen-bond donors (Lipinski definition) is 2. The van der Waals surface area contributed by atoms with Gasteiger partial charge in [-0.25, -0.2) is 0 Å². The quantitative estimate of drug-likeness (QED) is 0.484. The molecule has 7 nitrogen and oxygen atoms in total. The number of benzene rings is 3. The van der Waals surface area contributed by atoms with Gasteiger partial charge in [-0.3, -0.25) is 14.4 Å². The summed E-state index contributed by atoms with van der Waals surface area (Å²) < 4.78 is 0. The van der Waals surface area contributed by atoms with Crippen molar-refractivity contribution in [1.82, 2.24) is 5.32 Å². The molecule has 3 amide bonds. The van der Waals surface area contributed by atoms with Gasteiger partial charge < -0.3 is 15.5 Å². The van der Waals surface area contributed by atoms with Crippen molar-refractivity contribution in [3.63, 3.8) is 0 Å². The molecule has 0 aromatic heterocycles. The van der Waals surface area contributed by atoms with Gasteiger partial charge >= 0.3 is 0 Å². The van der Waals surface area contributed by atoms with Crippen LogP contribution in [0.25, 0.3) is 0 Å². The largest absolute Gasteiger partial charge is 0.356 e. The molecule has 0 bridgehead atoms. The number of hydrogen-bond acceptors (Lipinski definition) is 4. The van der Waals surface area contributed by atoms with Gasteiger partial charge in [0.15, 0.2) is 0 Å². The molecule has 188 valence electrons. The molecule has 0 radical (unpaired) electrons. The second kappa shape index (κ2) is 12.0. The second-order valence-electron chi connectivity index (χ2n) is 9.15. The molecule has 1 aliphatic rings. The predicted molar refractivity (Wildman–Crippen MR) is 143 cm³/mol. The van der Waals surface area contributed by atoms with E-state index in [9.17, 15) is 14.4 Å². The first kappa shape index (κ1) is 25.6. The predicted octanol–water partition coefficient (Wildman–Crippen LogP) is 4.40. The van der Waals surface area contributed by atoms with Crippen molar-refractivity contribution in [3.8, 4) is 6.07 Å². The average molecular weight is 495 g/mol. The third-order valence-corrected chi connectivity index (χ3v) is 6.51. The number of anilines is 2. The minimum atomic E-state index is -0.209. The first-order chi connectivity index (χ1) is 17.9. The first-order valence-corrected chi connectivity index (χ1v) is 12.5. The molecule has 0 fully saturated rings. The van der Waals surface area contributed by atoms with E-state index in [4.69, 9.17) is 5.26 Å². The van der Waals surface area contributed by atoms with Gasteiger partial charge in [0, 0.05) is 43.4 Å². The summed E-state index contributed by atoms with van der Waals surface area (Å²) in [6, 6.07) is 22.5. The standard InChI is InChI=1S/C30H30N4O3/c1-21(35)32-17-16-24-5-2-3-7-27(24)33-30(37)26-13-14-28-25(19-26)6-4-18-34(28)29(36)15-12-22-8-10-23(20-31)11-9-22/h2-3,5,7-11,13-14,19H,4,6,12,15-18H2,1H3,(H,32,35)(H,33,37). The van der Waals surface area contributed by atoms with Crippen LogP contribution in [-0.4, -0.2) is 30.8 Å². The molecular weight excluding hydrogens is 464 g/mol. The second-order valence-corrected chi connectivity index (χ2v) is 9.15. The fourth-order valence-electron chi connectivity index (χ4n) is 4.56. The Labute approximate surface area is 217 Å². The van der Waals surface area contributed by atoms with Crippen molar-refractivity contribution in [3.05, 3.63) is 94.5 Å². The lowest BCUT2D eigenvalue weighted by molar-refractivity contribution is -0.119. The number of nitrogens with one attached hydrogen (secondary N) is 2.